The molecule has 2 fully saturated rings. The maximum atomic E-state index is 12.2. The zero-order valence-corrected chi connectivity index (χ0v) is 11.7. The van der Waals surface area contributed by atoms with Crippen LogP contribution in [0, 0.1) is 5.41 Å². The maximum absolute atomic E-state index is 12.2. The van der Waals surface area contributed by atoms with E-state index in [0.717, 1.165) is 25.7 Å². The summed E-state index contributed by atoms with van der Waals surface area (Å²) in [6.45, 7) is 2.89. The lowest BCUT2D eigenvalue weighted by atomic mass is 9.75. The second-order valence-electron chi connectivity index (χ2n) is 6.29. The number of carboxylic acid groups (broad SMARTS) is 1. The summed E-state index contributed by atoms with van der Waals surface area (Å²) in [7, 11) is 0. The highest BCUT2D eigenvalue weighted by Crippen LogP contribution is 2.38. The van der Waals surface area contributed by atoms with Gasteiger partial charge in [-0.1, -0.05) is 13.3 Å². The van der Waals surface area contributed by atoms with Gasteiger partial charge in [-0.15, -0.1) is 0 Å². The lowest BCUT2D eigenvalue weighted by Crippen LogP contribution is -2.50. The fraction of sp³-hybridized carbons (Fsp3) is 0.857. The van der Waals surface area contributed by atoms with Gasteiger partial charge >= 0.3 is 5.97 Å². The molecule has 0 spiro atoms. The Kier molecular flexibility index (Phi) is 3.85. The van der Waals surface area contributed by atoms with Gasteiger partial charge in [-0.25, -0.2) is 0 Å². The number of carbonyl (C=O) groups is 2. The number of hydrogen-bond donors (Lipinski definition) is 2. The zero-order valence-electron chi connectivity index (χ0n) is 11.7. The predicted molar refractivity (Wildman–Crippen MR) is 71.6 cm³/mol. The van der Waals surface area contributed by atoms with Gasteiger partial charge in [-0.3, -0.25) is 9.59 Å². The molecule has 0 aromatic carbocycles. The van der Waals surface area contributed by atoms with Crippen LogP contribution in [-0.2, 0) is 9.59 Å². The molecular weight excluding hydrogens is 244 g/mol. The van der Waals surface area contributed by atoms with E-state index in [0.29, 0.717) is 32.4 Å². The highest BCUT2D eigenvalue weighted by molar-refractivity contribution is 5.81. The summed E-state index contributed by atoms with van der Waals surface area (Å²) >= 11 is 0. The molecule has 0 radical (unpaired) electrons. The van der Waals surface area contributed by atoms with Gasteiger partial charge in [-0.05, 0) is 32.1 Å². The first-order valence-electron chi connectivity index (χ1n) is 7.21. The molecule has 1 aliphatic heterocycles. The second-order valence-corrected chi connectivity index (χ2v) is 6.29. The number of nitrogens with two attached hydrogens (primary N) is 1. The van der Waals surface area contributed by atoms with Crippen molar-refractivity contribution in [3.05, 3.63) is 0 Å². The normalized spacial score (nSPS) is 29.1. The van der Waals surface area contributed by atoms with Crippen molar-refractivity contribution >= 4 is 11.9 Å². The Labute approximate surface area is 114 Å². The Morgan fingerprint density at radius 1 is 1.32 bits per heavy atom. The van der Waals surface area contributed by atoms with Gasteiger partial charge in [0.1, 0.15) is 0 Å². The van der Waals surface area contributed by atoms with Crippen LogP contribution in [0.2, 0.25) is 0 Å². The summed E-state index contributed by atoms with van der Waals surface area (Å²) < 4.78 is 0. The fourth-order valence-electron chi connectivity index (χ4n) is 3.27. The van der Waals surface area contributed by atoms with E-state index in [4.69, 9.17) is 5.73 Å². The number of aliphatic carboxylic acids is 1. The van der Waals surface area contributed by atoms with Gasteiger partial charge in [0.05, 0.1) is 5.41 Å². The van der Waals surface area contributed by atoms with Crippen LogP contribution < -0.4 is 5.73 Å². The number of rotatable bonds is 5. The van der Waals surface area contributed by atoms with Crippen molar-refractivity contribution < 1.29 is 14.7 Å². The average Bonchev–Trinajstić information content (AvgIpc) is 2.73. The van der Waals surface area contributed by atoms with Gasteiger partial charge in [0.25, 0.3) is 0 Å². The van der Waals surface area contributed by atoms with Crippen LogP contribution in [0.3, 0.4) is 0 Å². The Bertz CT molecular complexity index is 379. The van der Waals surface area contributed by atoms with E-state index in [9.17, 15) is 14.7 Å². The molecule has 2 rings (SSSR count). The zero-order chi connectivity index (χ0) is 14.1. The predicted octanol–water partition coefficient (Wildman–Crippen LogP) is 1.36. The highest BCUT2D eigenvalue weighted by atomic mass is 16.4. The monoisotopic (exact) mass is 268 g/mol. The first kappa shape index (κ1) is 14.3. The first-order chi connectivity index (χ1) is 8.91. The molecule has 0 bridgehead atoms. The minimum Gasteiger partial charge on any atom is -0.481 e. The minimum atomic E-state index is -0.768. The Morgan fingerprint density at radius 3 is 2.47 bits per heavy atom. The fourth-order valence-corrected chi connectivity index (χ4v) is 3.27. The molecule has 5 nitrogen and oxygen atoms in total. The van der Waals surface area contributed by atoms with Gasteiger partial charge in [0.15, 0.2) is 0 Å². The largest absolute Gasteiger partial charge is 0.481 e. The molecule has 1 atom stereocenters. The molecule has 1 amide bonds. The topological polar surface area (TPSA) is 83.6 Å². The van der Waals surface area contributed by atoms with E-state index in [-0.39, 0.29) is 11.4 Å². The third-order valence-electron chi connectivity index (χ3n) is 4.74. The summed E-state index contributed by atoms with van der Waals surface area (Å²) in [4.78, 5) is 25.4. The van der Waals surface area contributed by atoms with E-state index in [1.807, 2.05) is 6.92 Å². The van der Waals surface area contributed by atoms with Crippen molar-refractivity contribution in [2.75, 3.05) is 13.1 Å². The van der Waals surface area contributed by atoms with Gasteiger partial charge in [0, 0.05) is 25.0 Å². The van der Waals surface area contributed by atoms with Crippen molar-refractivity contribution in [1.82, 2.24) is 4.90 Å². The third-order valence-corrected chi connectivity index (χ3v) is 4.74. The quantitative estimate of drug-likeness (QED) is 0.788. The number of hydrogen-bond acceptors (Lipinski definition) is 3. The van der Waals surface area contributed by atoms with Crippen molar-refractivity contribution in [2.45, 2.75) is 57.4 Å². The van der Waals surface area contributed by atoms with Crippen LogP contribution in [0.25, 0.3) is 0 Å². The minimum absolute atomic E-state index is 0.0291. The van der Waals surface area contributed by atoms with E-state index >= 15 is 0 Å². The molecule has 1 saturated heterocycles. The van der Waals surface area contributed by atoms with Gasteiger partial charge in [0.2, 0.25) is 5.91 Å². The molecule has 108 valence electrons. The summed E-state index contributed by atoms with van der Waals surface area (Å²) in [5.74, 6) is -0.739. The van der Waals surface area contributed by atoms with Crippen molar-refractivity contribution in [2.24, 2.45) is 11.1 Å². The van der Waals surface area contributed by atoms with Crippen LogP contribution in [0.5, 0.6) is 0 Å². The SMILES string of the molecule is CCCC1(C(=O)O)CCN(C(=O)CC2(N)CCC2)C1. The molecule has 1 unspecified atom stereocenters. The third kappa shape index (κ3) is 2.76. The Balaban J connectivity index is 1.96. The number of likely N-dealkylation sites (tertiary alicyclic amines) is 1. The van der Waals surface area contributed by atoms with E-state index in [2.05, 4.69) is 0 Å². The molecule has 1 heterocycles. The number of amides is 1. The van der Waals surface area contributed by atoms with Crippen molar-refractivity contribution in [3.8, 4) is 0 Å². The van der Waals surface area contributed by atoms with Crippen molar-refractivity contribution in [1.29, 1.82) is 0 Å². The molecule has 19 heavy (non-hydrogen) atoms. The molecule has 0 aromatic heterocycles. The van der Waals surface area contributed by atoms with Crippen LogP contribution in [0.15, 0.2) is 0 Å². The molecular formula is C14H24N2O3. The summed E-state index contributed by atoms with van der Waals surface area (Å²) in [6, 6.07) is 0. The van der Waals surface area contributed by atoms with Crippen LogP contribution in [-0.4, -0.2) is 40.5 Å². The van der Waals surface area contributed by atoms with Crippen LogP contribution in [0.1, 0.15) is 51.9 Å². The number of carbonyl (C=O) groups excluding carboxylic acids is 1. The number of nitrogens with zero attached hydrogens (tertiary/aromatic N) is 1. The smallest absolute Gasteiger partial charge is 0.311 e. The lowest BCUT2D eigenvalue weighted by Gasteiger charge is -2.38. The van der Waals surface area contributed by atoms with Crippen molar-refractivity contribution in [3.63, 3.8) is 0 Å². The highest BCUT2D eigenvalue weighted by Gasteiger charge is 2.46. The molecule has 3 N–H and O–H groups in total. The molecule has 1 saturated carbocycles. The van der Waals surface area contributed by atoms with Crippen LogP contribution >= 0.6 is 0 Å². The standard InChI is InChI=1S/C14H24N2O3/c1-2-4-13(12(18)19)7-8-16(10-13)11(17)9-14(15)5-3-6-14/h2-10,15H2,1H3,(H,18,19). The molecule has 5 heteroatoms. The lowest BCUT2D eigenvalue weighted by molar-refractivity contribution is -0.149. The molecule has 0 aromatic rings. The summed E-state index contributed by atoms with van der Waals surface area (Å²) in [5.41, 5.74) is 5.04. The van der Waals surface area contributed by atoms with Crippen LogP contribution in [0.4, 0.5) is 0 Å². The van der Waals surface area contributed by atoms with E-state index in [1.165, 1.54) is 0 Å². The second kappa shape index (κ2) is 5.12. The average molecular weight is 268 g/mol. The Hall–Kier alpha value is -1.10. The first-order valence-corrected chi connectivity index (χ1v) is 7.21. The Morgan fingerprint density at radius 2 is 2.00 bits per heavy atom. The molecule has 2 aliphatic rings. The van der Waals surface area contributed by atoms with E-state index < -0.39 is 11.4 Å². The van der Waals surface area contributed by atoms with Gasteiger partial charge < -0.3 is 15.7 Å². The maximum Gasteiger partial charge on any atom is 0.311 e. The molecule has 1 aliphatic carbocycles. The van der Waals surface area contributed by atoms with E-state index in [1.54, 1.807) is 4.90 Å². The summed E-state index contributed by atoms with van der Waals surface area (Å²) in [5, 5.41) is 9.42. The summed E-state index contributed by atoms with van der Waals surface area (Å²) in [6.07, 6.45) is 5.32. The number of carboxylic acids is 1. The van der Waals surface area contributed by atoms with Gasteiger partial charge in [-0.2, -0.15) is 0 Å².